The first kappa shape index (κ1) is 22.3. The van der Waals surface area contributed by atoms with Gasteiger partial charge >= 0.3 is 0 Å². The first-order chi connectivity index (χ1) is 16.7. The molecule has 4 heteroatoms. The third-order valence-electron chi connectivity index (χ3n) is 6.78. The lowest BCUT2D eigenvalue weighted by Gasteiger charge is -2.37. The van der Waals surface area contributed by atoms with Crippen LogP contribution in [0.25, 0.3) is 0 Å². The number of anilines is 1. The summed E-state index contributed by atoms with van der Waals surface area (Å²) < 4.78 is 11.2. The smallest absolute Gasteiger partial charge is 0.161 e. The molecule has 34 heavy (non-hydrogen) atoms. The SMILES string of the molecule is CCCOc1ccc(C=Nc2ccc([C@@H]3Nc4ccc(C)cc4[C@H]4C=CC[C@@H]43)cc2)cc1OC. The molecular weight excluding hydrogens is 420 g/mol. The van der Waals surface area contributed by atoms with Gasteiger partial charge in [-0.05, 0) is 78.8 Å². The summed E-state index contributed by atoms with van der Waals surface area (Å²) in [5.74, 6) is 2.52. The number of hydrogen-bond acceptors (Lipinski definition) is 4. The van der Waals surface area contributed by atoms with Crippen molar-refractivity contribution in [1.29, 1.82) is 0 Å². The van der Waals surface area contributed by atoms with Gasteiger partial charge in [-0.25, -0.2) is 0 Å². The number of aliphatic imine (C=N–C) groups is 1. The third kappa shape index (κ3) is 4.45. The molecule has 5 rings (SSSR count). The van der Waals surface area contributed by atoms with Gasteiger partial charge in [-0.15, -0.1) is 0 Å². The van der Waals surface area contributed by atoms with Gasteiger partial charge in [-0.3, -0.25) is 4.99 Å². The van der Waals surface area contributed by atoms with Gasteiger partial charge in [0.1, 0.15) is 0 Å². The van der Waals surface area contributed by atoms with Gasteiger partial charge in [0.25, 0.3) is 0 Å². The van der Waals surface area contributed by atoms with Crippen molar-refractivity contribution in [3.8, 4) is 11.5 Å². The highest BCUT2D eigenvalue weighted by atomic mass is 16.5. The number of hydrogen-bond donors (Lipinski definition) is 1. The zero-order valence-corrected chi connectivity index (χ0v) is 20.1. The molecular formula is C30H32N2O2. The Labute approximate surface area is 202 Å². The van der Waals surface area contributed by atoms with Crippen LogP contribution in [0, 0.1) is 12.8 Å². The van der Waals surface area contributed by atoms with Gasteiger partial charge in [-0.1, -0.05) is 48.9 Å². The Balaban J connectivity index is 1.32. The van der Waals surface area contributed by atoms with Crippen LogP contribution in [-0.4, -0.2) is 19.9 Å². The van der Waals surface area contributed by atoms with Gasteiger partial charge in [0, 0.05) is 17.8 Å². The molecule has 0 unspecified atom stereocenters. The fraction of sp³-hybridized carbons (Fsp3) is 0.300. The Morgan fingerprint density at radius 3 is 2.68 bits per heavy atom. The topological polar surface area (TPSA) is 42.8 Å². The van der Waals surface area contributed by atoms with Crippen molar-refractivity contribution in [2.24, 2.45) is 10.9 Å². The number of rotatable bonds is 7. The molecule has 1 heterocycles. The number of aryl methyl sites for hydroxylation is 1. The van der Waals surface area contributed by atoms with Crippen LogP contribution in [0.2, 0.25) is 0 Å². The van der Waals surface area contributed by atoms with E-state index in [-0.39, 0.29) is 0 Å². The molecule has 0 amide bonds. The van der Waals surface area contributed by atoms with E-state index in [1.807, 2.05) is 24.4 Å². The Morgan fingerprint density at radius 2 is 1.88 bits per heavy atom. The number of allylic oxidation sites excluding steroid dienone is 2. The van der Waals surface area contributed by atoms with Crippen molar-refractivity contribution >= 4 is 17.6 Å². The molecule has 4 nitrogen and oxygen atoms in total. The van der Waals surface area contributed by atoms with Crippen LogP contribution in [0.15, 0.2) is 77.8 Å². The lowest BCUT2D eigenvalue weighted by Crippen LogP contribution is -2.29. The lowest BCUT2D eigenvalue weighted by molar-refractivity contribution is 0.294. The molecule has 1 aliphatic carbocycles. The van der Waals surface area contributed by atoms with Crippen LogP contribution >= 0.6 is 0 Å². The van der Waals surface area contributed by atoms with E-state index in [0.717, 1.165) is 35.6 Å². The number of benzene rings is 3. The zero-order chi connectivity index (χ0) is 23.5. The second kappa shape index (κ2) is 9.76. The molecule has 3 aromatic carbocycles. The van der Waals surface area contributed by atoms with Gasteiger partial charge in [0.05, 0.1) is 25.4 Å². The van der Waals surface area contributed by atoms with Crippen molar-refractivity contribution < 1.29 is 9.47 Å². The largest absolute Gasteiger partial charge is 0.493 e. The molecule has 0 spiro atoms. The third-order valence-corrected chi connectivity index (χ3v) is 6.78. The average molecular weight is 453 g/mol. The van der Waals surface area contributed by atoms with Crippen molar-refractivity contribution in [2.45, 2.75) is 38.6 Å². The fourth-order valence-corrected chi connectivity index (χ4v) is 5.06. The Kier molecular flexibility index (Phi) is 6.39. The van der Waals surface area contributed by atoms with Crippen molar-refractivity contribution in [3.05, 3.63) is 95.1 Å². The molecule has 0 saturated carbocycles. The molecule has 2 aliphatic rings. The minimum atomic E-state index is 0.299. The molecule has 0 bridgehead atoms. The number of ether oxygens (including phenoxy) is 2. The molecule has 0 radical (unpaired) electrons. The van der Waals surface area contributed by atoms with E-state index in [1.165, 1.54) is 22.4 Å². The second-order valence-corrected chi connectivity index (χ2v) is 9.17. The predicted molar refractivity (Wildman–Crippen MR) is 140 cm³/mol. The minimum absolute atomic E-state index is 0.299. The number of nitrogens with zero attached hydrogens (tertiary/aromatic N) is 1. The highest BCUT2D eigenvalue weighted by Gasteiger charge is 2.37. The summed E-state index contributed by atoms with van der Waals surface area (Å²) in [6, 6.07) is 21.6. The Bertz CT molecular complexity index is 1210. The maximum Gasteiger partial charge on any atom is 0.161 e. The summed E-state index contributed by atoms with van der Waals surface area (Å²) in [5.41, 5.74) is 7.22. The van der Waals surface area contributed by atoms with Crippen LogP contribution < -0.4 is 14.8 Å². The first-order valence-electron chi connectivity index (χ1n) is 12.1. The molecule has 3 aromatic rings. The van der Waals surface area contributed by atoms with E-state index in [1.54, 1.807) is 7.11 Å². The predicted octanol–water partition coefficient (Wildman–Crippen LogP) is 7.37. The van der Waals surface area contributed by atoms with Gasteiger partial charge < -0.3 is 14.8 Å². The summed E-state index contributed by atoms with van der Waals surface area (Å²) >= 11 is 0. The summed E-state index contributed by atoms with van der Waals surface area (Å²) in [5, 5.41) is 3.82. The molecule has 0 aromatic heterocycles. The van der Waals surface area contributed by atoms with Crippen LogP contribution in [0.5, 0.6) is 11.5 Å². The molecule has 0 saturated heterocycles. The average Bonchev–Trinajstić information content (AvgIpc) is 3.37. The summed E-state index contributed by atoms with van der Waals surface area (Å²) in [6.07, 6.45) is 8.67. The summed E-state index contributed by atoms with van der Waals surface area (Å²) in [6.45, 7) is 4.94. The van der Waals surface area contributed by atoms with E-state index < -0.39 is 0 Å². The maximum absolute atomic E-state index is 5.74. The normalized spacial score (nSPS) is 20.6. The van der Waals surface area contributed by atoms with E-state index in [4.69, 9.17) is 9.47 Å². The number of fused-ring (bicyclic) bond motifs is 3. The zero-order valence-electron chi connectivity index (χ0n) is 20.1. The van der Waals surface area contributed by atoms with Crippen LogP contribution in [-0.2, 0) is 0 Å². The molecule has 3 atom stereocenters. The molecule has 174 valence electrons. The van der Waals surface area contributed by atoms with E-state index >= 15 is 0 Å². The highest BCUT2D eigenvalue weighted by Crippen LogP contribution is 2.50. The second-order valence-electron chi connectivity index (χ2n) is 9.17. The summed E-state index contributed by atoms with van der Waals surface area (Å²) in [7, 11) is 1.66. The Hall–Kier alpha value is -3.53. The first-order valence-corrected chi connectivity index (χ1v) is 12.1. The van der Waals surface area contributed by atoms with Crippen molar-refractivity contribution in [3.63, 3.8) is 0 Å². The monoisotopic (exact) mass is 452 g/mol. The van der Waals surface area contributed by atoms with Gasteiger partial charge in [-0.2, -0.15) is 0 Å². The van der Waals surface area contributed by atoms with E-state index in [0.29, 0.717) is 24.5 Å². The standard InChI is InChI=1S/C30H32N2O2/c1-4-16-34-28-15-9-21(18-29(28)33-3)19-31-23-12-10-22(11-13-23)30-25-7-5-6-24(25)26-17-20(2)8-14-27(26)32-30/h5-6,8-15,17-19,24-25,30,32H,4,7,16H2,1-3H3/t24-,25-,30-/m0/s1. The van der Waals surface area contributed by atoms with Crippen LogP contribution in [0.4, 0.5) is 11.4 Å². The molecule has 1 N–H and O–H groups in total. The quantitative estimate of drug-likeness (QED) is 0.301. The van der Waals surface area contributed by atoms with Gasteiger partial charge in [0.2, 0.25) is 0 Å². The fourth-order valence-electron chi connectivity index (χ4n) is 5.06. The Morgan fingerprint density at radius 1 is 1.03 bits per heavy atom. The maximum atomic E-state index is 5.74. The minimum Gasteiger partial charge on any atom is -0.493 e. The molecule has 1 aliphatic heterocycles. The van der Waals surface area contributed by atoms with E-state index in [2.05, 4.69) is 78.8 Å². The number of methoxy groups -OCH3 is 1. The van der Waals surface area contributed by atoms with Gasteiger partial charge in [0.15, 0.2) is 11.5 Å². The van der Waals surface area contributed by atoms with Crippen LogP contribution in [0.3, 0.4) is 0 Å². The number of nitrogens with one attached hydrogen (secondary N) is 1. The van der Waals surface area contributed by atoms with Crippen molar-refractivity contribution in [1.82, 2.24) is 0 Å². The summed E-state index contributed by atoms with van der Waals surface area (Å²) in [4.78, 5) is 4.69. The van der Waals surface area contributed by atoms with Crippen molar-refractivity contribution in [2.75, 3.05) is 19.0 Å². The molecule has 0 fully saturated rings. The lowest BCUT2D eigenvalue weighted by atomic mass is 9.76. The van der Waals surface area contributed by atoms with E-state index in [9.17, 15) is 0 Å². The highest BCUT2D eigenvalue weighted by molar-refractivity contribution is 5.83. The van der Waals surface area contributed by atoms with Crippen LogP contribution in [0.1, 0.15) is 54.0 Å².